The fraction of sp³-hybridized carbons (Fsp3) is 0.261. The highest BCUT2D eigenvalue weighted by atomic mass is 19.1. The molecule has 0 N–H and O–H groups in total. The minimum absolute atomic E-state index is 0.106. The first-order chi connectivity index (χ1) is 13.6. The van der Waals surface area contributed by atoms with E-state index in [1.807, 2.05) is 23.1 Å². The molecular weight excluding hydrogens is 355 g/mol. The van der Waals surface area contributed by atoms with E-state index < -0.39 is 0 Å². The third-order valence-electron chi connectivity index (χ3n) is 5.21. The van der Waals surface area contributed by atoms with Crippen molar-refractivity contribution in [2.45, 2.75) is 19.4 Å². The second-order valence-electron chi connectivity index (χ2n) is 7.11. The Kier molecular flexibility index (Phi) is 5.15. The molecule has 4 rings (SSSR count). The molecule has 0 spiro atoms. The number of nitrogens with zero attached hydrogens (tertiary/aromatic N) is 2. The zero-order valence-corrected chi connectivity index (χ0v) is 15.9. The average molecular weight is 378 g/mol. The van der Waals surface area contributed by atoms with E-state index in [4.69, 9.17) is 4.42 Å². The highest BCUT2D eigenvalue weighted by Gasteiger charge is 2.21. The van der Waals surface area contributed by atoms with E-state index >= 15 is 0 Å². The lowest BCUT2D eigenvalue weighted by molar-refractivity contribution is -0.131. The summed E-state index contributed by atoms with van der Waals surface area (Å²) in [5, 5.41) is 0. The van der Waals surface area contributed by atoms with Crippen molar-refractivity contribution in [2.75, 3.05) is 25.0 Å². The van der Waals surface area contributed by atoms with E-state index in [-0.39, 0.29) is 11.7 Å². The molecule has 5 heteroatoms. The first-order valence-electron chi connectivity index (χ1n) is 9.52. The first kappa shape index (κ1) is 18.3. The van der Waals surface area contributed by atoms with E-state index in [2.05, 4.69) is 24.1 Å². The number of benzene rings is 2. The summed E-state index contributed by atoms with van der Waals surface area (Å²) in [6.07, 6.45) is 0.872. The Bertz CT molecular complexity index is 982. The summed E-state index contributed by atoms with van der Waals surface area (Å²) in [6, 6.07) is 18.3. The third-order valence-corrected chi connectivity index (χ3v) is 5.21. The number of amides is 1. The van der Waals surface area contributed by atoms with E-state index in [9.17, 15) is 9.18 Å². The summed E-state index contributed by atoms with van der Waals surface area (Å²) in [4.78, 5) is 16.9. The van der Waals surface area contributed by atoms with E-state index in [1.54, 1.807) is 24.3 Å². The van der Waals surface area contributed by atoms with Crippen LogP contribution in [0.2, 0.25) is 0 Å². The zero-order valence-electron chi connectivity index (χ0n) is 15.9. The highest BCUT2D eigenvalue weighted by Crippen LogP contribution is 2.26. The zero-order chi connectivity index (χ0) is 19.5. The molecule has 0 atom stereocenters. The molecule has 0 bridgehead atoms. The SMILES string of the molecule is CN1CCN(C(=O)CCc2ccc(-c3ccccc3F)o2)Cc2ccccc21. The molecule has 0 saturated heterocycles. The maximum Gasteiger partial charge on any atom is 0.223 e. The van der Waals surface area contributed by atoms with Crippen LogP contribution in [0.15, 0.2) is 65.1 Å². The summed E-state index contributed by atoms with van der Waals surface area (Å²) in [6.45, 7) is 2.13. The number of likely N-dealkylation sites (N-methyl/N-ethyl adjacent to an activating group) is 1. The molecule has 0 fully saturated rings. The van der Waals surface area contributed by atoms with Crippen LogP contribution in [-0.4, -0.2) is 30.9 Å². The van der Waals surface area contributed by atoms with Crippen molar-refractivity contribution in [3.8, 4) is 11.3 Å². The molecule has 1 amide bonds. The summed E-state index contributed by atoms with van der Waals surface area (Å²) >= 11 is 0. The van der Waals surface area contributed by atoms with Gasteiger partial charge in [0.15, 0.2) is 0 Å². The van der Waals surface area contributed by atoms with Crippen LogP contribution in [0.3, 0.4) is 0 Å². The van der Waals surface area contributed by atoms with Gasteiger partial charge in [-0.05, 0) is 35.9 Å². The number of para-hydroxylation sites is 1. The van der Waals surface area contributed by atoms with Gasteiger partial charge in [-0.1, -0.05) is 30.3 Å². The number of anilines is 1. The fourth-order valence-electron chi connectivity index (χ4n) is 3.61. The summed E-state index contributed by atoms with van der Waals surface area (Å²) in [5.74, 6) is 0.977. The molecule has 0 radical (unpaired) electrons. The number of halogens is 1. The number of rotatable bonds is 4. The third kappa shape index (κ3) is 3.79. The summed E-state index contributed by atoms with van der Waals surface area (Å²) in [7, 11) is 2.06. The molecule has 1 aliphatic rings. The Morgan fingerprint density at radius 1 is 1.04 bits per heavy atom. The predicted molar refractivity (Wildman–Crippen MR) is 108 cm³/mol. The van der Waals surface area contributed by atoms with Gasteiger partial charge >= 0.3 is 0 Å². The fourth-order valence-corrected chi connectivity index (χ4v) is 3.61. The minimum atomic E-state index is -0.313. The van der Waals surface area contributed by atoms with Gasteiger partial charge in [0.2, 0.25) is 5.91 Å². The lowest BCUT2D eigenvalue weighted by atomic mass is 10.1. The van der Waals surface area contributed by atoms with Crippen molar-refractivity contribution in [3.05, 3.63) is 77.8 Å². The van der Waals surface area contributed by atoms with Gasteiger partial charge in [-0.25, -0.2) is 4.39 Å². The molecule has 1 aromatic heterocycles. The van der Waals surface area contributed by atoms with E-state index in [0.29, 0.717) is 43.0 Å². The number of carbonyl (C=O) groups excluding carboxylic acids is 1. The molecule has 0 aliphatic carbocycles. The number of carbonyl (C=O) groups is 1. The quantitative estimate of drug-likeness (QED) is 0.671. The van der Waals surface area contributed by atoms with Crippen molar-refractivity contribution < 1.29 is 13.6 Å². The standard InChI is InChI=1S/C23H23FN2O2/c1-25-14-15-26(16-17-6-2-5-9-21(17)25)23(27)13-11-18-10-12-22(28-18)19-7-3-4-8-20(19)24/h2-10,12H,11,13-16H2,1H3. The van der Waals surface area contributed by atoms with Crippen molar-refractivity contribution in [1.29, 1.82) is 0 Å². The normalized spacial score (nSPS) is 13.9. The summed E-state index contributed by atoms with van der Waals surface area (Å²) in [5.41, 5.74) is 2.78. The Morgan fingerprint density at radius 3 is 2.68 bits per heavy atom. The van der Waals surface area contributed by atoms with Crippen LogP contribution in [0.5, 0.6) is 0 Å². The topological polar surface area (TPSA) is 36.7 Å². The number of hydrogen-bond donors (Lipinski definition) is 0. The molecule has 2 aromatic carbocycles. The van der Waals surface area contributed by atoms with Crippen molar-refractivity contribution in [3.63, 3.8) is 0 Å². The van der Waals surface area contributed by atoms with Crippen molar-refractivity contribution >= 4 is 11.6 Å². The van der Waals surface area contributed by atoms with Crippen LogP contribution in [0.1, 0.15) is 17.7 Å². The molecule has 4 nitrogen and oxygen atoms in total. The van der Waals surface area contributed by atoms with Crippen LogP contribution in [0.25, 0.3) is 11.3 Å². The van der Waals surface area contributed by atoms with Gasteiger partial charge in [-0.15, -0.1) is 0 Å². The van der Waals surface area contributed by atoms with Crippen LogP contribution in [-0.2, 0) is 17.8 Å². The van der Waals surface area contributed by atoms with Gasteiger partial charge in [0.25, 0.3) is 0 Å². The molecule has 1 aliphatic heterocycles. The molecule has 3 aromatic rings. The van der Waals surface area contributed by atoms with E-state index in [1.165, 1.54) is 11.8 Å². The molecule has 0 unspecified atom stereocenters. The minimum Gasteiger partial charge on any atom is -0.461 e. The second-order valence-corrected chi connectivity index (χ2v) is 7.11. The number of furan rings is 1. The molecule has 28 heavy (non-hydrogen) atoms. The summed E-state index contributed by atoms with van der Waals surface area (Å²) < 4.78 is 19.7. The Balaban J connectivity index is 1.41. The smallest absolute Gasteiger partial charge is 0.223 e. The van der Waals surface area contributed by atoms with Crippen LogP contribution in [0, 0.1) is 5.82 Å². The Hall–Kier alpha value is -3.08. The molecular formula is C23H23FN2O2. The molecule has 0 saturated carbocycles. The molecule has 144 valence electrons. The Morgan fingerprint density at radius 2 is 1.82 bits per heavy atom. The van der Waals surface area contributed by atoms with Gasteiger partial charge in [0, 0.05) is 45.2 Å². The van der Waals surface area contributed by atoms with Crippen molar-refractivity contribution in [1.82, 2.24) is 4.90 Å². The van der Waals surface area contributed by atoms with E-state index in [0.717, 1.165) is 12.1 Å². The predicted octanol–water partition coefficient (Wildman–Crippen LogP) is 4.50. The number of aryl methyl sites for hydroxylation is 1. The first-order valence-corrected chi connectivity index (χ1v) is 9.52. The van der Waals surface area contributed by atoms with Gasteiger partial charge in [-0.2, -0.15) is 0 Å². The Labute approximate surface area is 164 Å². The maximum absolute atomic E-state index is 13.9. The average Bonchev–Trinajstić information content (AvgIpc) is 3.11. The maximum atomic E-state index is 13.9. The largest absolute Gasteiger partial charge is 0.461 e. The van der Waals surface area contributed by atoms with Gasteiger partial charge in [-0.3, -0.25) is 4.79 Å². The number of hydrogen-bond acceptors (Lipinski definition) is 3. The van der Waals surface area contributed by atoms with Crippen LogP contribution in [0.4, 0.5) is 10.1 Å². The van der Waals surface area contributed by atoms with Crippen molar-refractivity contribution in [2.24, 2.45) is 0 Å². The highest BCUT2D eigenvalue weighted by molar-refractivity contribution is 5.77. The lowest BCUT2D eigenvalue weighted by Crippen LogP contribution is -2.34. The van der Waals surface area contributed by atoms with Crippen LogP contribution >= 0.6 is 0 Å². The van der Waals surface area contributed by atoms with Gasteiger partial charge < -0.3 is 14.2 Å². The number of fused-ring (bicyclic) bond motifs is 1. The van der Waals surface area contributed by atoms with Crippen LogP contribution < -0.4 is 4.90 Å². The van der Waals surface area contributed by atoms with Gasteiger partial charge in [0.05, 0.1) is 5.56 Å². The second kappa shape index (κ2) is 7.89. The lowest BCUT2D eigenvalue weighted by Gasteiger charge is -2.21. The molecule has 2 heterocycles. The monoisotopic (exact) mass is 378 g/mol. The van der Waals surface area contributed by atoms with Gasteiger partial charge in [0.1, 0.15) is 17.3 Å².